The van der Waals surface area contributed by atoms with E-state index in [1.807, 2.05) is 20.8 Å². The summed E-state index contributed by atoms with van der Waals surface area (Å²) in [6.45, 7) is 5.48. The smallest absolute Gasteiger partial charge is 0.417 e. The van der Waals surface area contributed by atoms with E-state index in [0.29, 0.717) is 11.8 Å². The Hall–Kier alpha value is -1.06. The van der Waals surface area contributed by atoms with Gasteiger partial charge >= 0.3 is 6.09 Å². The van der Waals surface area contributed by atoms with Crippen LogP contribution in [0, 0.1) is 17.8 Å². The van der Waals surface area contributed by atoms with E-state index in [2.05, 4.69) is 0 Å². The van der Waals surface area contributed by atoms with Crippen molar-refractivity contribution in [3.63, 3.8) is 0 Å². The summed E-state index contributed by atoms with van der Waals surface area (Å²) in [6, 6.07) is 0.149. The molecule has 3 rings (SSSR count). The van der Waals surface area contributed by atoms with E-state index in [1.165, 1.54) is 17.7 Å². The van der Waals surface area contributed by atoms with Gasteiger partial charge in [0.25, 0.3) is 0 Å². The minimum absolute atomic E-state index is 0.00329. The first-order valence-electron chi connectivity index (χ1n) is 6.44. The van der Waals surface area contributed by atoms with Gasteiger partial charge in [0.05, 0.1) is 12.0 Å². The zero-order valence-electron chi connectivity index (χ0n) is 10.6. The lowest BCUT2D eigenvalue weighted by molar-refractivity contribution is -0.157. The normalized spacial score (nSPS) is 39.0. The van der Waals surface area contributed by atoms with E-state index >= 15 is 0 Å². The van der Waals surface area contributed by atoms with Crippen molar-refractivity contribution in [2.24, 2.45) is 17.8 Å². The molecular formula is C13H19NO3. The fourth-order valence-corrected chi connectivity index (χ4v) is 3.73. The number of hydrogen-bond acceptors (Lipinski definition) is 3. The Kier molecular flexibility index (Phi) is 2.11. The third-order valence-corrected chi connectivity index (χ3v) is 4.28. The second-order valence-corrected chi connectivity index (χ2v) is 6.54. The average molecular weight is 237 g/mol. The summed E-state index contributed by atoms with van der Waals surface area (Å²) in [6.07, 6.45) is 3.01. The van der Waals surface area contributed by atoms with Crippen LogP contribution in [0.25, 0.3) is 0 Å². The number of carbonyl (C=O) groups excluding carboxylic acids is 2. The van der Waals surface area contributed by atoms with Gasteiger partial charge in [-0.2, -0.15) is 0 Å². The van der Waals surface area contributed by atoms with Gasteiger partial charge in [0, 0.05) is 0 Å². The average Bonchev–Trinajstić information content (AvgIpc) is 2.70. The zero-order valence-corrected chi connectivity index (χ0v) is 10.6. The molecule has 0 radical (unpaired) electrons. The molecule has 4 nitrogen and oxygen atoms in total. The van der Waals surface area contributed by atoms with Gasteiger partial charge in [-0.25, -0.2) is 9.69 Å². The standard InChI is InChI=1S/C13H19NO3/c1-13(2,3)17-12(16)14-10-8-5-4-7(6-8)9(10)11(14)15/h7-10H,4-6H2,1-3H3/t7-,8+,9+,10-/m0/s1. The first kappa shape index (κ1) is 11.1. The number of amides is 2. The Balaban J connectivity index is 1.74. The van der Waals surface area contributed by atoms with Crippen molar-refractivity contribution in [2.75, 3.05) is 0 Å². The molecule has 2 amide bonds. The summed E-state index contributed by atoms with van der Waals surface area (Å²) in [5.74, 6) is 1.20. The highest BCUT2D eigenvalue weighted by atomic mass is 16.6. The highest BCUT2D eigenvalue weighted by molar-refractivity contribution is 6.00. The molecule has 1 heterocycles. The Morgan fingerprint density at radius 3 is 2.59 bits per heavy atom. The molecular weight excluding hydrogens is 218 g/mol. The van der Waals surface area contributed by atoms with E-state index in [9.17, 15) is 9.59 Å². The predicted octanol–water partition coefficient (Wildman–Crippen LogP) is 2.18. The molecule has 0 aromatic carbocycles. The summed E-state index contributed by atoms with van der Waals surface area (Å²) >= 11 is 0. The Bertz CT molecular complexity index is 385. The van der Waals surface area contributed by atoms with E-state index in [1.54, 1.807) is 0 Å². The third kappa shape index (κ3) is 1.49. The van der Waals surface area contributed by atoms with Crippen LogP contribution in [-0.2, 0) is 9.53 Å². The highest BCUT2D eigenvalue weighted by Gasteiger charge is 2.64. The predicted molar refractivity (Wildman–Crippen MR) is 61.2 cm³/mol. The van der Waals surface area contributed by atoms with Crippen LogP contribution in [-0.4, -0.2) is 28.5 Å². The highest BCUT2D eigenvalue weighted by Crippen LogP contribution is 2.56. The molecule has 17 heavy (non-hydrogen) atoms. The molecule has 0 aromatic rings. The van der Waals surface area contributed by atoms with Crippen molar-refractivity contribution in [1.82, 2.24) is 4.90 Å². The number of likely N-dealkylation sites (tertiary alicyclic amines) is 1. The van der Waals surface area contributed by atoms with Crippen LogP contribution in [0.15, 0.2) is 0 Å². The fraction of sp³-hybridized carbons (Fsp3) is 0.846. The summed E-state index contributed by atoms with van der Waals surface area (Å²) < 4.78 is 5.29. The van der Waals surface area contributed by atoms with Crippen molar-refractivity contribution in [3.8, 4) is 0 Å². The topological polar surface area (TPSA) is 46.6 Å². The largest absolute Gasteiger partial charge is 0.443 e. The molecule has 2 bridgehead atoms. The summed E-state index contributed by atoms with van der Waals surface area (Å²) in [5.41, 5.74) is -0.528. The SMILES string of the molecule is CC(C)(C)OC(=O)N1C(=O)[C@@H]2[C@H]3CC[C@H](C3)[C@@H]21. The molecule has 1 aliphatic heterocycles. The summed E-state index contributed by atoms with van der Waals surface area (Å²) in [4.78, 5) is 25.3. The molecule has 2 saturated carbocycles. The molecule has 0 aromatic heterocycles. The number of nitrogens with zero attached hydrogens (tertiary/aromatic N) is 1. The van der Waals surface area contributed by atoms with E-state index < -0.39 is 11.7 Å². The Morgan fingerprint density at radius 1 is 1.29 bits per heavy atom. The maximum absolute atomic E-state index is 12.0. The monoisotopic (exact) mass is 237 g/mol. The lowest BCUT2D eigenvalue weighted by atomic mass is 9.76. The maximum Gasteiger partial charge on any atom is 0.417 e. The Labute approximate surface area is 101 Å². The zero-order chi connectivity index (χ0) is 12.4. The molecule has 3 aliphatic rings. The lowest BCUT2D eigenvalue weighted by Crippen LogP contribution is -2.65. The van der Waals surface area contributed by atoms with Gasteiger partial charge in [0.2, 0.25) is 5.91 Å². The van der Waals surface area contributed by atoms with E-state index in [4.69, 9.17) is 4.74 Å². The molecule has 2 aliphatic carbocycles. The van der Waals surface area contributed by atoms with Gasteiger partial charge in [-0.15, -0.1) is 0 Å². The second kappa shape index (κ2) is 3.24. The van der Waals surface area contributed by atoms with Crippen molar-refractivity contribution < 1.29 is 14.3 Å². The van der Waals surface area contributed by atoms with Gasteiger partial charge in [-0.05, 0) is 51.9 Å². The molecule has 94 valence electrons. The molecule has 4 heteroatoms. The van der Waals surface area contributed by atoms with Gasteiger partial charge in [-0.3, -0.25) is 4.79 Å². The fourth-order valence-electron chi connectivity index (χ4n) is 3.73. The summed E-state index contributed by atoms with van der Waals surface area (Å²) in [7, 11) is 0. The molecule has 1 saturated heterocycles. The second-order valence-electron chi connectivity index (χ2n) is 6.54. The van der Waals surface area contributed by atoms with Crippen molar-refractivity contribution >= 4 is 12.0 Å². The Morgan fingerprint density at radius 2 is 1.94 bits per heavy atom. The van der Waals surface area contributed by atoms with Gasteiger partial charge in [-0.1, -0.05) is 0 Å². The number of hydrogen-bond donors (Lipinski definition) is 0. The number of ether oxygens (including phenoxy) is 1. The van der Waals surface area contributed by atoms with Crippen LogP contribution in [0.4, 0.5) is 4.79 Å². The van der Waals surface area contributed by atoms with Gasteiger partial charge < -0.3 is 4.74 Å². The number of carbonyl (C=O) groups is 2. The number of β-lactam (4-membered cyclic amide) rings is 1. The quantitative estimate of drug-likeness (QED) is 0.607. The van der Waals surface area contributed by atoms with Crippen LogP contribution in [0.5, 0.6) is 0 Å². The van der Waals surface area contributed by atoms with Crippen LogP contribution >= 0.6 is 0 Å². The number of rotatable bonds is 0. The van der Waals surface area contributed by atoms with E-state index in [0.717, 1.165) is 6.42 Å². The number of imide groups is 1. The summed E-state index contributed by atoms with van der Waals surface area (Å²) in [5, 5.41) is 0. The molecule has 3 fully saturated rings. The number of fused-ring (bicyclic) bond motifs is 5. The van der Waals surface area contributed by atoms with Gasteiger partial charge in [0.1, 0.15) is 5.60 Å². The molecule has 4 atom stereocenters. The maximum atomic E-state index is 12.0. The van der Waals surface area contributed by atoms with Crippen LogP contribution in [0.1, 0.15) is 40.0 Å². The minimum Gasteiger partial charge on any atom is -0.443 e. The third-order valence-electron chi connectivity index (χ3n) is 4.28. The van der Waals surface area contributed by atoms with Crippen molar-refractivity contribution in [2.45, 2.75) is 51.7 Å². The molecule has 0 unspecified atom stereocenters. The van der Waals surface area contributed by atoms with Crippen molar-refractivity contribution in [1.29, 1.82) is 0 Å². The van der Waals surface area contributed by atoms with Crippen LogP contribution in [0.2, 0.25) is 0 Å². The molecule has 0 N–H and O–H groups in total. The van der Waals surface area contributed by atoms with Gasteiger partial charge in [0.15, 0.2) is 0 Å². The van der Waals surface area contributed by atoms with Crippen LogP contribution in [0.3, 0.4) is 0 Å². The van der Waals surface area contributed by atoms with Crippen LogP contribution < -0.4 is 0 Å². The van der Waals surface area contributed by atoms with Crippen molar-refractivity contribution in [3.05, 3.63) is 0 Å². The lowest BCUT2D eigenvalue weighted by Gasteiger charge is -2.47. The first-order chi connectivity index (χ1) is 7.88. The minimum atomic E-state index is -0.528. The van der Waals surface area contributed by atoms with E-state index in [-0.39, 0.29) is 17.9 Å². The first-order valence-corrected chi connectivity index (χ1v) is 6.44. The molecule has 0 spiro atoms.